The van der Waals surface area contributed by atoms with Crippen LogP contribution < -0.4 is 0 Å². The Labute approximate surface area is 91.9 Å². The molecule has 2 nitrogen and oxygen atoms in total. The third-order valence-electron chi connectivity index (χ3n) is 2.39. The molecule has 0 spiro atoms. The second-order valence-corrected chi connectivity index (χ2v) is 3.72. The third kappa shape index (κ3) is 2.20. The van der Waals surface area contributed by atoms with E-state index in [0.717, 1.165) is 5.52 Å². The summed E-state index contributed by atoms with van der Waals surface area (Å²) >= 11 is 0. The van der Waals surface area contributed by atoms with E-state index in [2.05, 4.69) is 42.7 Å². The van der Waals surface area contributed by atoms with E-state index < -0.39 is 0 Å². The highest BCUT2D eigenvalue weighted by Crippen LogP contribution is 2.24. The molecule has 2 heterocycles. The zero-order valence-corrected chi connectivity index (χ0v) is 10.3. The molecule has 2 rings (SSSR count). The fourth-order valence-corrected chi connectivity index (χ4v) is 1.67. The summed E-state index contributed by atoms with van der Waals surface area (Å²) < 4.78 is 2.14. The highest BCUT2D eigenvalue weighted by atomic mass is 14.9. The van der Waals surface area contributed by atoms with Crippen molar-refractivity contribution in [3.05, 3.63) is 30.1 Å². The minimum absolute atomic E-state index is 0.540. The third-order valence-corrected chi connectivity index (χ3v) is 2.39. The number of hydrogen-bond acceptors (Lipinski definition) is 1. The molecule has 0 aliphatic rings. The van der Waals surface area contributed by atoms with Crippen LogP contribution in [0.4, 0.5) is 0 Å². The van der Waals surface area contributed by atoms with Gasteiger partial charge in [0, 0.05) is 19.4 Å². The predicted octanol–water partition coefficient (Wildman–Crippen LogP) is 3.72. The summed E-state index contributed by atoms with van der Waals surface area (Å²) in [6.45, 7) is 8.40. The number of rotatable bonds is 1. The zero-order chi connectivity index (χ0) is 11.4. The largest absolute Gasteiger partial charge is 0.349 e. The van der Waals surface area contributed by atoms with E-state index in [4.69, 9.17) is 0 Å². The lowest BCUT2D eigenvalue weighted by Crippen LogP contribution is -1.85. The fourth-order valence-electron chi connectivity index (χ4n) is 1.67. The minimum Gasteiger partial charge on any atom is -0.349 e. The first-order valence-electron chi connectivity index (χ1n) is 5.60. The Balaban J connectivity index is 0.000000531. The van der Waals surface area contributed by atoms with Crippen LogP contribution in [0.1, 0.15) is 39.2 Å². The van der Waals surface area contributed by atoms with Gasteiger partial charge in [-0.3, -0.25) is 4.98 Å². The molecule has 0 bridgehead atoms. The maximum Gasteiger partial charge on any atom is 0.0915 e. The molecule has 0 radical (unpaired) electrons. The molecule has 0 saturated carbocycles. The van der Waals surface area contributed by atoms with E-state index in [0.29, 0.717) is 5.92 Å². The number of aryl methyl sites for hydroxylation is 1. The standard InChI is InChI=1S/C11H14N2.C2H6/c1-8(2)9-7-13(3)10-5-4-6-12-11(9)10;1-2/h4-8H,1-3H3;1-2H3. The number of pyridine rings is 1. The second-order valence-electron chi connectivity index (χ2n) is 3.72. The molecule has 82 valence electrons. The molecular weight excluding hydrogens is 184 g/mol. The van der Waals surface area contributed by atoms with Crippen LogP contribution in [0.3, 0.4) is 0 Å². The van der Waals surface area contributed by atoms with Crippen molar-refractivity contribution in [1.29, 1.82) is 0 Å². The van der Waals surface area contributed by atoms with Gasteiger partial charge in [-0.05, 0) is 23.6 Å². The summed E-state index contributed by atoms with van der Waals surface area (Å²) in [6.07, 6.45) is 4.02. The molecule has 2 aromatic rings. The van der Waals surface area contributed by atoms with Gasteiger partial charge in [0.1, 0.15) is 0 Å². The molecule has 0 N–H and O–H groups in total. The van der Waals surface area contributed by atoms with Gasteiger partial charge >= 0.3 is 0 Å². The molecule has 0 fully saturated rings. The van der Waals surface area contributed by atoms with E-state index in [-0.39, 0.29) is 0 Å². The van der Waals surface area contributed by atoms with Crippen molar-refractivity contribution in [2.75, 3.05) is 0 Å². The zero-order valence-electron chi connectivity index (χ0n) is 10.3. The van der Waals surface area contributed by atoms with Gasteiger partial charge in [0.2, 0.25) is 0 Å². The smallest absolute Gasteiger partial charge is 0.0915 e. The molecule has 15 heavy (non-hydrogen) atoms. The van der Waals surface area contributed by atoms with E-state index in [1.807, 2.05) is 26.1 Å². The SMILES string of the molecule is CC.CC(C)c1cn(C)c2cccnc12. The van der Waals surface area contributed by atoms with Crippen molar-refractivity contribution in [1.82, 2.24) is 9.55 Å². The first-order valence-corrected chi connectivity index (χ1v) is 5.60. The highest BCUT2D eigenvalue weighted by Gasteiger charge is 2.09. The average molecular weight is 204 g/mol. The first kappa shape index (κ1) is 11.8. The summed E-state index contributed by atoms with van der Waals surface area (Å²) in [6, 6.07) is 4.08. The molecule has 2 aromatic heterocycles. The molecule has 0 atom stereocenters. The lowest BCUT2D eigenvalue weighted by Gasteiger charge is -1.99. The predicted molar refractivity (Wildman–Crippen MR) is 66.2 cm³/mol. The van der Waals surface area contributed by atoms with Crippen LogP contribution in [-0.2, 0) is 7.05 Å². The van der Waals surface area contributed by atoms with E-state index in [1.165, 1.54) is 11.1 Å². The lowest BCUT2D eigenvalue weighted by atomic mass is 10.1. The Morgan fingerprint density at radius 1 is 1.27 bits per heavy atom. The van der Waals surface area contributed by atoms with Crippen molar-refractivity contribution < 1.29 is 0 Å². The Morgan fingerprint density at radius 3 is 2.53 bits per heavy atom. The van der Waals surface area contributed by atoms with Crippen molar-refractivity contribution in [2.24, 2.45) is 7.05 Å². The van der Waals surface area contributed by atoms with Crippen LogP contribution in [0, 0.1) is 0 Å². The fraction of sp³-hybridized carbons (Fsp3) is 0.462. The van der Waals surface area contributed by atoms with Crippen LogP contribution in [0.5, 0.6) is 0 Å². The Hall–Kier alpha value is -1.31. The average Bonchev–Trinajstić information content (AvgIpc) is 2.60. The Kier molecular flexibility index (Phi) is 3.89. The molecule has 0 aromatic carbocycles. The minimum atomic E-state index is 0.540. The van der Waals surface area contributed by atoms with Gasteiger partial charge in [0.05, 0.1) is 11.0 Å². The Bertz CT molecular complexity index is 427. The molecule has 2 heteroatoms. The summed E-state index contributed by atoms with van der Waals surface area (Å²) in [7, 11) is 2.07. The quantitative estimate of drug-likeness (QED) is 0.692. The number of hydrogen-bond donors (Lipinski definition) is 0. The summed E-state index contributed by atoms with van der Waals surface area (Å²) in [5.74, 6) is 0.540. The molecule has 0 aliphatic carbocycles. The van der Waals surface area contributed by atoms with Crippen LogP contribution in [0.2, 0.25) is 0 Å². The monoisotopic (exact) mass is 204 g/mol. The number of aromatic nitrogens is 2. The van der Waals surface area contributed by atoms with Gasteiger partial charge in [-0.1, -0.05) is 27.7 Å². The maximum atomic E-state index is 4.40. The van der Waals surface area contributed by atoms with Crippen LogP contribution >= 0.6 is 0 Å². The van der Waals surface area contributed by atoms with Crippen LogP contribution in [-0.4, -0.2) is 9.55 Å². The topological polar surface area (TPSA) is 17.8 Å². The lowest BCUT2D eigenvalue weighted by molar-refractivity contribution is 0.855. The Morgan fingerprint density at radius 2 is 1.93 bits per heavy atom. The van der Waals surface area contributed by atoms with Crippen LogP contribution in [0.15, 0.2) is 24.5 Å². The van der Waals surface area contributed by atoms with Crippen molar-refractivity contribution in [2.45, 2.75) is 33.6 Å². The maximum absolute atomic E-state index is 4.40. The van der Waals surface area contributed by atoms with Crippen molar-refractivity contribution in [3.8, 4) is 0 Å². The molecule has 0 saturated heterocycles. The summed E-state index contributed by atoms with van der Waals surface area (Å²) in [4.78, 5) is 4.40. The summed E-state index contributed by atoms with van der Waals surface area (Å²) in [5, 5.41) is 0. The second kappa shape index (κ2) is 4.96. The van der Waals surface area contributed by atoms with Crippen molar-refractivity contribution in [3.63, 3.8) is 0 Å². The normalized spacial score (nSPS) is 10.3. The first-order chi connectivity index (χ1) is 7.20. The molecule has 0 aliphatic heterocycles. The van der Waals surface area contributed by atoms with Gasteiger partial charge in [0.15, 0.2) is 0 Å². The van der Waals surface area contributed by atoms with Crippen molar-refractivity contribution >= 4 is 11.0 Å². The highest BCUT2D eigenvalue weighted by molar-refractivity contribution is 5.79. The van der Waals surface area contributed by atoms with E-state index in [1.54, 1.807) is 0 Å². The molecular formula is C13H20N2. The van der Waals surface area contributed by atoms with E-state index in [9.17, 15) is 0 Å². The number of nitrogens with zero attached hydrogens (tertiary/aromatic N) is 2. The van der Waals surface area contributed by atoms with E-state index >= 15 is 0 Å². The van der Waals surface area contributed by atoms with Gasteiger partial charge in [-0.15, -0.1) is 0 Å². The van der Waals surface area contributed by atoms with Gasteiger partial charge in [-0.25, -0.2) is 0 Å². The van der Waals surface area contributed by atoms with Gasteiger partial charge in [-0.2, -0.15) is 0 Å². The van der Waals surface area contributed by atoms with Gasteiger partial charge in [0.25, 0.3) is 0 Å². The molecule has 0 unspecified atom stereocenters. The molecule has 0 amide bonds. The van der Waals surface area contributed by atoms with Gasteiger partial charge < -0.3 is 4.57 Å². The summed E-state index contributed by atoms with van der Waals surface area (Å²) in [5.41, 5.74) is 3.68. The van der Waals surface area contributed by atoms with Crippen LogP contribution in [0.25, 0.3) is 11.0 Å². The number of fused-ring (bicyclic) bond motifs is 1.